The lowest BCUT2D eigenvalue weighted by molar-refractivity contribution is 0.0910. The molecule has 0 aliphatic carbocycles. The van der Waals surface area contributed by atoms with Crippen LogP contribution in [0.25, 0.3) is 0 Å². The number of nitrogens with one attached hydrogen (secondary N) is 2. The van der Waals surface area contributed by atoms with Gasteiger partial charge in [0.2, 0.25) is 10.0 Å². The fraction of sp³-hybridized carbons (Fsp3) is 0.458. The van der Waals surface area contributed by atoms with Gasteiger partial charge in [0, 0.05) is 31.2 Å². The number of hydrogen-bond donors (Lipinski definition) is 2. The van der Waals surface area contributed by atoms with Gasteiger partial charge in [0.25, 0.3) is 5.91 Å². The number of piperidine rings is 1. The number of hydrogen-bond acceptors (Lipinski definition) is 4. The smallest absolute Gasteiger partial charge is 0.251 e. The van der Waals surface area contributed by atoms with Crippen LogP contribution in [-0.4, -0.2) is 44.9 Å². The highest BCUT2D eigenvalue weighted by Gasteiger charge is 2.23. The first kappa shape index (κ1) is 23.4. The van der Waals surface area contributed by atoms with Crippen LogP contribution in [0.15, 0.2) is 53.4 Å². The van der Waals surface area contributed by atoms with Crippen LogP contribution in [0.5, 0.6) is 0 Å². The first-order chi connectivity index (χ1) is 14.9. The van der Waals surface area contributed by atoms with Crippen molar-refractivity contribution in [3.63, 3.8) is 0 Å². The van der Waals surface area contributed by atoms with E-state index in [1.54, 1.807) is 12.1 Å². The van der Waals surface area contributed by atoms with Crippen molar-refractivity contribution in [1.82, 2.24) is 14.9 Å². The fourth-order valence-electron chi connectivity index (χ4n) is 3.82. The number of carbonyl (C=O) groups excluding carboxylic acids is 1. The quantitative estimate of drug-likeness (QED) is 0.622. The second kappa shape index (κ2) is 10.9. The molecule has 2 aromatic carbocycles. The zero-order valence-electron chi connectivity index (χ0n) is 18.4. The summed E-state index contributed by atoms with van der Waals surface area (Å²) in [6.45, 7) is 7.32. The second-order valence-corrected chi connectivity index (χ2v) is 10.00. The Labute approximate surface area is 186 Å². The van der Waals surface area contributed by atoms with Crippen molar-refractivity contribution in [2.24, 2.45) is 0 Å². The number of benzene rings is 2. The van der Waals surface area contributed by atoms with E-state index < -0.39 is 10.0 Å². The molecular formula is C24H33N3O3S. The molecule has 0 unspecified atom stereocenters. The van der Waals surface area contributed by atoms with Gasteiger partial charge in [0.05, 0.1) is 4.90 Å². The summed E-state index contributed by atoms with van der Waals surface area (Å²) in [7, 11) is -3.72. The molecule has 1 heterocycles. The number of rotatable bonds is 9. The van der Waals surface area contributed by atoms with Crippen LogP contribution in [0.1, 0.15) is 54.1 Å². The van der Waals surface area contributed by atoms with E-state index in [0.717, 1.165) is 43.6 Å². The van der Waals surface area contributed by atoms with Crippen LogP contribution >= 0.6 is 0 Å². The van der Waals surface area contributed by atoms with E-state index in [2.05, 4.69) is 21.9 Å². The summed E-state index contributed by atoms with van der Waals surface area (Å²) in [5.74, 6) is -0.204. The van der Waals surface area contributed by atoms with E-state index in [0.29, 0.717) is 5.56 Å². The van der Waals surface area contributed by atoms with Gasteiger partial charge in [0.15, 0.2) is 0 Å². The minimum Gasteiger partial charge on any atom is -0.349 e. The topological polar surface area (TPSA) is 78.5 Å². The molecule has 0 spiro atoms. The number of sulfonamides is 1. The molecule has 168 valence electrons. The van der Waals surface area contributed by atoms with Gasteiger partial charge >= 0.3 is 0 Å². The van der Waals surface area contributed by atoms with Crippen molar-refractivity contribution in [1.29, 1.82) is 0 Å². The Hall–Kier alpha value is -2.22. The van der Waals surface area contributed by atoms with Crippen LogP contribution in [0.4, 0.5) is 0 Å². The number of likely N-dealkylation sites (tertiary alicyclic amines) is 1. The standard InChI is InChI=1S/C24H33N3O3S/c1-3-4-14-27-15-12-21(13-16-27)26-24(28)23-17-22(11-10-19(23)2)31(29,30)25-18-20-8-6-5-7-9-20/h5-11,17,21,25H,3-4,12-16,18H2,1-2H3,(H,26,28). The van der Waals surface area contributed by atoms with Gasteiger partial charge in [0.1, 0.15) is 0 Å². The predicted octanol–water partition coefficient (Wildman–Crippen LogP) is 3.47. The molecule has 1 amide bonds. The lowest BCUT2D eigenvalue weighted by Gasteiger charge is -2.32. The lowest BCUT2D eigenvalue weighted by atomic mass is 10.0. The summed E-state index contributed by atoms with van der Waals surface area (Å²) in [5.41, 5.74) is 2.05. The Morgan fingerprint density at radius 1 is 1.10 bits per heavy atom. The first-order valence-corrected chi connectivity index (χ1v) is 12.5. The van der Waals surface area contributed by atoms with Gasteiger partial charge in [-0.2, -0.15) is 0 Å². The van der Waals surface area contributed by atoms with Crippen molar-refractivity contribution >= 4 is 15.9 Å². The lowest BCUT2D eigenvalue weighted by Crippen LogP contribution is -2.45. The van der Waals surface area contributed by atoms with E-state index in [1.807, 2.05) is 37.3 Å². The van der Waals surface area contributed by atoms with Crippen molar-refractivity contribution in [3.05, 3.63) is 65.2 Å². The molecule has 1 aliphatic rings. The molecule has 2 aromatic rings. The Balaban J connectivity index is 1.63. The zero-order chi connectivity index (χ0) is 22.3. The van der Waals surface area contributed by atoms with Crippen LogP contribution in [0.3, 0.4) is 0 Å². The van der Waals surface area contributed by atoms with Crippen LogP contribution in [0.2, 0.25) is 0 Å². The first-order valence-electron chi connectivity index (χ1n) is 11.1. The molecule has 0 atom stereocenters. The molecular weight excluding hydrogens is 410 g/mol. The van der Waals surface area contributed by atoms with Crippen LogP contribution in [0, 0.1) is 6.92 Å². The minimum atomic E-state index is -3.72. The highest BCUT2D eigenvalue weighted by atomic mass is 32.2. The van der Waals surface area contributed by atoms with E-state index >= 15 is 0 Å². The summed E-state index contributed by atoms with van der Waals surface area (Å²) in [4.78, 5) is 15.5. The Morgan fingerprint density at radius 2 is 1.81 bits per heavy atom. The maximum absolute atomic E-state index is 12.9. The molecule has 2 N–H and O–H groups in total. The molecule has 0 saturated carbocycles. The molecule has 31 heavy (non-hydrogen) atoms. The van der Waals surface area contributed by atoms with Gasteiger partial charge in [-0.1, -0.05) is 49.7 Å². The van der Waals surface area contributed by atoms with Gasteiger partial charge in [-0.3, -0.25) is 4.79 Å². The fourth-order valence-corrected chi connectivity index (χ4v) is 4.86. The average Bonchev–Trinajstić information content (AvgIpc) is 2.78. The molecule has 3 rings (SSSR count). The molecule has 1 saturated heterocycles. The van der Waals surface area contributed by atoms with Crippen LogP contribution in [-0.2, 0) is 16.6 Å². The van der Waals surface area contributed by atoms with Crippen molar-refractivity contribution in [2.75, 3.05) is 19.6 Å². The maximum Gasteiger partial charge on any atom is 0.251 e. The third kappa shape index (κ3) is 6.63. The summed E-state index contributed by atoms with van der Waals surface area (Å²) in [6, 6.07) is 14.2. The summed E-state index contributed by atoms with van der Waals surface area (Å²) in [5, 5.41) is 3.11. The molecule has 6 nitrogen and oxygen atoms in total. The van der Waals surface area contributed by atoms with Crippen molar-refractivity contribution < 1.29 is 13.2 Å². The molecule has 0 aromatic heterocycles. The van der Waals surface area contributed by atoms with E-state index in [-0.39, 0.29) is 23.4 Å². The Morgan fingerprint density at radius 3 is 2.48 bits per heavy atom. The van der Waals surface area contributed by atoms with Crippen molar-refractivity contribution in [2.45, 2.75) is 57.0 Å². The van der Waals surface area contributed by atoms with E-state index in [4.69, 9.17) is 0 Å². The van der Waals surface area contributed by atoms with Gasteiger partial charge in [-0.05, 0) is 56.0 Å². The van der Waals surface area contributed by atoms with E-state index in [9.17, 15) is 13.2 Å². The monoisotopic (exact) mass is 443 g/mol. The highest BCUT2D eigenvalue weighted by molar-refractivity contribution is 7.89. The maximum atomic E-state index is 12.9. The minimum absolute atomic E-state index is 0.105. The largest absolute Gasteiger partial charge is 0.349 e. The van der Waals surface area contributed by atoms with Crippen LogP contribution < -0.4 is 10.0 Å². The molecule has 1 aliphatic heterocycles. The SMILES string of the molecule is CCCCN1CCC(NC(=O)c2cc(S(=O)(=O)NCc3ccccc3)ccc2C)CC1. The zero-order valence-corrected chi connectivity index (χ0v) is 19.2. The van der Waals surface area contributed by atoms with E-state index in [1.165, 1.54) is 18.9 Å². The Bertz CT molecular complexity index is 969. The predicted molar refractivity (Wildman–Crippen MR) is 123 cm³/mol. The highest BCUT2D eigenvalue weighted by Crippen LogP contribution is 2.18. The van der Waals surface area contributed by atoms with Gasteiger partial charge < -0.3 is 10.2 Å². The summed E-state index contributed by atoms with van der Waals surface area (Å²) < 4.78 is 28.1. The van der Waals surface area contributed by atoms with Crippen molar-refractivity contribution in [3.8, 4) is 0 Å². The second-order valence-electron chi connectivity index (χ2n) is 8.23. The Kier molecular flexibility index (Phi) is 8.23. The number of carbonyl (C=O) groups is 1. The number of aryl methyl sites for hydroxylation is 1. The summed E-state index contributed by atoms with van der Waals surface area (Å²) in [6.07, 6.45) is 4.24. The van der Waals surface area contributed by atoms with Gasteiger partial charge in [-0.15, -0.1) is 0 Å². The van der Waals surface area contributed by atoms with Gasteiger partial charge in [-0.25, -0.2) is 13.1 Å². The average molecular weight is 444 g/mol. The molecule has 0 radical (unpaired) electrons. The molecule has 0 bridgehead atoms. The third-order valence-corrected chi connectivity index (χ3v) is 7.22. The number of unbranched alkanes of at least 4 members (excludes halogenated alkanes) is 1. The third-order valence-electron chi connectivity index (χ3n) is 5.82. The number of nitrogens with zero attached hydrogens (tertiary/aromatic N) is 1. The molecule has 1 fully saturated rings. The molecule has 7 heteroatoms. The number of amides is 1. The normalized spacial score (nSPS) is 15.7. The summed E-state index contributed by atoms with van der Waals surface area (Å²) >= 11 is 0.